The largest absolute Gasteiger partial charge is 0.478 e. The highest BCUT2D eigenvalue weighted by atomic mass is 16.4. The van der Waals surface area contributed by atoms with Crippen molar-refractivity contribution in [3.8, 4) is 0 Å². The third-order valence-corrected chi connectivity index (χ3v) is 2.90. The summed E-state index contributed by atoms with van der Waals surface area (Å²) in [5.41, 5.74) is 0.557. The van der Waals surface area contributed by atoms with E-state index in [1.165, 1.54) is 19.3 Å². The van der Waals surface area contributed by atoms with Crippen LogP contribution >= 0.6 is 0 Å². The van der Waals surface area contributed by atoms with E-state index in [1.807, 2.05) is 13.0 Å². The summed E-state index contributed by atoms with van der Waals surface area (Å²) in [4.78, 5) is 10.7. The van der Waals surface area contributed by atoms with E-state index in [2.05, 4.69) is 13.8 Å². The lowest BCUT2D eigenvalue weighted by Gasteiger charge is -2.11. The number of carbonyl (C=O) groups is 1. The molecule has 15 heavy (non-hydrogen) atoms. The van der Waals surface area contributed by atoms with Gasteiger partial charge >= 0.3 is 5.97 Å². The van der Waals surface area contributed by atoms with Crippen LogP contribution < -0.4 is 0 Å². The molecule has 0 saturated heterocycles. The third-order valence-electron chi connectivity index (χ3n) is 2.90. The molecule has 0 aliphatic heterocycles. The molecule has 2 heteroatoms. The van der Waals surface area contributed by atoms with Gasteiger partial charge in [-0.25, -0.2) is 4.79 Å². The van der Waals surface area contributed by atoms with Gasteiger partial charge < -0.3 is 5.11 Å². The molecular formula is C13H24O2. The molecule has 1 unspecified atom stereocenters. The van der Waals surface area contributed by atoms with Crippen LogP contribution in [0, 0.1) is 5.92 Å². The molecule has 0 aliphatic carbocycles. The first-order chi connectivity index (χ1) is 7.15. The minimum absolute atomic E-state index is 0.557. The van der Waals surface area contributed by atoms with Crippen LogP contribution in [0.15, 0.2) is 11.6 Å². The second-order valence-electron chi connectivity index (χ2n) is 4.03. The Morgan fingerprint density at radius 2 is 1.93 bits per heavy atom. The van der Waals surface area contributed by atoms with Gasteiger partial charge in [0, 0.05) is 5.57 Å². The normalized spacial score (nSPS) is 13.9. The predicted molar refractivity (Wildman–Crippen MR) is 63.9 cm³/mol. The Labute approximate surface area is 93.4 Å². The quantitative estimate of drug-likeness (QED) is 0.617. The van der Waals surface area contributed by atoms with E-state index in [0.29, 0.717) is 12.0 Å². The Balaban J connectivity index is 3.97. The zero-order valence-electron chi connectivity index (χ0n) is 10.3. The van der Waals surface area contributed by atoms with Gasteiger partial charge in [-0.3, -0.25) is 0 Å². The van der Waals surface area contributed by atoms with Crippen LogP contribution in [0.4, 0.5) is 0 Å². The monoisotopic (exact) mass is 212 g/mol. The number of hydrogen-bond acceptors (Lipinski definition) is 1. The fourth-order valence-electron chi connectivity index (χ4n) is 1.84. The average molecular weight is 212 g/mol. The standard InChI is InChI=1S/C13H24O2/c1-4-8-11(5-2)9-7-10-12(6-3)13(14)15/h10-11H,4-9H2,1-3H3,(H,14,15). The van der Waals surface area contributed by atoms with E-state index in [9.17, 15) is 4.79 Å². The summed E-state index contributed by atoms with van der Waals surface area (Å²) in [6, 6.07) is 0. The lowest BCUT2D eigenvalue weighted by molar-refractivity contribution is -0.132. The minimum atomic E-state index is -0.763. The van der Waals surface area contributed by atoms with Crippen molar-refractivity contribution in [2.24, 2.45) is 5.92 Å². The molecule has 0 rings (SSSR count). The van der Waals surface area contributed by atoms with Gasteiger partial charge in [0.15, 0.2) is 0 Å². The summed E-state index contributed by atoms with van der Waals surface area (Å²) in [5.74, 6) is -0.000749. The van der Waals surface area contributed by atoms with Gasteiger partial charge in [-0.2, -0.15) is 0 Å². The van der Waals surface area contributed by atoms with Crippen molar-refractivity contribution in [1.29, 1.82) is 0 Å². The highest BCUT2D eigenvalue weighted by Crippen LogP contribution is 2.18. The molecule has 1 atom stereocenters. The molecule has 0 heterocycles. The number of rotatable bonds is 8. The summed E-state index contributed by atoms with van der Waals surface area (Å²) in [6.45, 7) is 6.30. The zero-order chi connectivity index (χ0) is 11.7. The Morgan fingerprint density at radius 1 is 1.27 bits per heavy atom. The van der Waals surface area contributed by atoms with Gasteiger partial charge in [0.2, 0.25) is 0 Å². The van der Waals surface area contributed by atoms with Crippen LogP contribution in [0.1, 0.15) is 59.3 Å². The van der Waals surface area contributed by atoms with Gasteiger partial charge in [0.25, 0.3) is 0 Å². The second-order valence-corrected chi connectivity index (χ2v) is 4.03. The zero-order valence-corrected chi connectivity index (χ0v) is 10.3. The van der Waals surface area contributed by atoms with Gasteiger partial charge in [-0.1, -0.05) is 46.1 Å². The topological polar surface area (TPSA) is 37.3 Å². The maximum atomic E-state index is 10.7. The summed E-state index contributed by atoms with van der Waals surface area (Å²) < 4.78 is 0. The molecule has 0 aromatic rings. The lowest BCUT2D eigenvalue weighted by atomic mass is 9.95. The van der Waals surface area contributed by atoms with E-state index in [0.717, 1.165) is 18.8 Å². The molecular weight excluding hydrogens is 188 g/mol. The van der Waals surface area contributed by atoms with Crippen LogP contribution in [0.3, 0.4) is 0 Å². The van der Waals surface area contributed by atoms with E-state index in [4.69, 9.17) is 5.11 Å². The van der Waals surface area contributed by atoms with Crippen molar-refractivity contribution in [3.63, 3.8) is 0 Å². The highest BCUT2D eigenvalue weighted by Gasteiger charge is 2.06. The Hall–Kier alpha value is -0.790. The van der Waals surface area contributed by atoms with Crippen molar-refractivity contribution in [2.45, 2.75) is 59.3 Å². The third kappa shape index (κ3) is 6.32. The van der Waals surface area contributed by atoms with Crippen LogP contribution in [0.5, 0.6) is 0 Å². The predicted octanol–water partition coefficient (Wildman–Crippen LogP) is 4.01. The average Bonchev–Trinajstić information content (AvgIpc) is 2.22. The fourth-order valence-corrected chi connectivity index (χ4v) is 1.84. The number of aliphatic carboxylic acids is 1. The minimum Gasteiger partial charge on any atom is -0.478 e. The molecule has 88 valence electrons. The summed E-state index contributed by atoms with van der Waals surface area (Å²) >= 11 is 0. The Kier molecular flexibility index (Phi) is 8.06. The van der Waals surface area contributed by atoms with E-state index in [-0.39, 0.29) is 0 Å². The SMILES string of the molecule is CCCC(CC)CCC=C(CC)C(=O)O. The smallest absolute Gasteiger partial charge is 0.331 e. The molecule has 0 fully saturated rings. The fraction of sp³-hybridized carbons (Fsp3) is 0.769. The van der Waals surface area contributed by atoms with Crippen LogP contribution in [-0.4, -0.2) is 11.1 Å². The molecule has 0 spiro atoms. The van der Waals surface area contributed by atoms with Crippen LogP contribution in [0.25, 0.3) is 0 Å². The first-order valence-electron chi connectivity index (χ1n) is 6.07. The van der Waals surface area contributed by atoms with Crippen molar-refractivity contribution < 1.29 is 9.90 Å². The highest BCUT2D eigenvalue weighted by molar-refractivity contribution is 5.86. The van der Waals surface area contributed by atoms with E-state index >= 15 is 0 Å². The molecule has 0 aromatic carbocycles. The number of carboxylic acid groups (broad SMARTS) is 1. The van der Waals surface area contributed by atoms with Crippen molar-refractivity contribution in [2.75, 3.05) is 0 Å². The summed E-state index contributed by atoms with van der Waals surface area (Å²) in [6.07, 6.45) is 8.24. The van der Waals surface area contributed by atoms with E-state index in [1.54, 1.807) is 0 Å². The maximum Gasteiger partial charge on any atom is 0.331 e. The van der Waals surface area contributed by atoms with Gasteiger partial charge in [0.05, 0.1) is 0 Å². The Morgan fingerprint density at radius 3 is 2.33 bits per heavy atom. The Bertz CT molecular complexity index is 207. The van der Waals surface area contributed by atoms with Gasteiger partial charge in [-0.05, 0) is 25.2 Å². The van der Waals surface area contributed by atoms with Crippen LogP contribution in [-0.2, 0) is 4.79 Å². The van der Waals surface area contributed by atoms with Gasteiger partial charge in [-0.15, -0.1) is 0 Å². The van der Waals surface area contributed by atoms with E-state index < -0.39 is 5.97 Å². The molecule has 2 nitrogen and oxygen atoms in total. The summed E-state index contributed by atoms with van der Waals surface area (Å²) in [5, 5.41) is 8.83. The molecule has 0 bridgehead atoms. The summed E-state index contributed by atoms with van der Waals surface area (Å²) in [7, 11) is 0. The second kappa shape index (κ2) is 8.51. The number of carboxylic acids is 1. The first-order valence-corrected chi connectivity index (χ1v) is 6.07. The van der Waals surface area contributed by atoms with Crippen LogP contribution in [0.2, 0.25) is 0 Å². The molecule has 0 aliphatic rings. The first kappa shape index (κ1) is 14.2. The van der Waals surface area contributed by atoms with Crippen molar-refractivity contribution in [3.05, 3.63) is 11.6 Å². The lowest BCUT2D eigenvalue weighted by Crippen LogP contribution is -2.01. The maximum absolute atomic E-state index is 10.7. The molecule has 0 saturated carbocycles. The molecule has 1 N–H and O–H groups in total. The van der Waals surface area contributed by atoms with Gasteiger partial charge in [0.1, 0.15) is 0 Å². The molecule has 0 amide bonds. The van der Waals surface area contributed by atoms with Crippen molar-refractivity contribution in [1.82, 2.24) is 0 Å². The number of allylic oxidation sites excluding steroid dienone is 1. The molecule has 0 radical (unpaired) electrons. The van der Waals surface area contributed by atoms with Crippen molar-refractivity contribution >= 4 is 5.97 Å². The number of hydrogen-bond donors (Lipinski definition) is 1. The molecule has 0 aromatic heterocycles.